The van der Waals surface area contributed by atoms with Crippen LogP contribution in [0, 0.1) is 13.8 Å². The minimum Gasteiger partial charge on any atom is -0.313 e. The zero-order valence-electron chi connectivity index (χ0n) is 11.3. The van der Waals surface area contributed by atoms with E-state index >= 15 is 0 Å². The molecule has 1 atom stereocenters. The molecule has 90 valence electrons. The summed E-state index contributed by atoms with van der Waals surface area (Å²) in [5.41, 5.74) is 5.11. The van der Waals surface area contributed by atoms with Crippen LogP contribution in [-0.2, 0) is 13.5 Å². The van der Waals surface area contributed by atoms with E-state index in [9.17, 15) is 0 Å². The minimum atomic E-state index is 0.395. The van der Waals surface area contributed by atoms with Crippen LogP contribution in [-0.4, -0.2) is 22.9 Å². The van der Waals surface area contributed by atoms with Gasteiger partial charge in [-0.3, -0.25) is 4.68 Å². The van der Waals surface area contributed by atoms with Gasteiger partial charge in [-0.25, -0.2) is 0 Å². The largest absolute Gasteiger partial charge is 0.313 e. The molecule has 3 heteroatoms. The molecule has 1 aromatic heterocycles. The third-order valence-electron chi connectivity index (χ3n) is 2.99. The number of nitrogens with zero attached hydrogens (tertiary/aromatic N) is 2. The Hall–Kier alpha value is -1.09. The highest BCUT2D eigenvalue weighted by Crippen LogP contribution is 2.15. The predicted molar refractivity (Wildman–Crippen MR) is 68.7 cm³/mol. The van der Waals surface area contributed by atoms with E-state index in [1.807, 2.05) is 18.8 Å². The van der Waals surface area contributed by atoms with E-state index in [2.05, 4.69) is 44.2 Å². The van der Waals surface area contributed by atoms with Crippen molar-refractivity contribution in [2.75, 3.05) is 7.05 Å². The Kier molecular flexibility index (Phi) is 4.30. The Morgan fingerprint density at radius 1 is 1.44 bits per heavy atom. The minimum absolute atomic E-state index is 0.395. The lowest BCUT2D eigenvalue weighted by atomic mass is 10.0. The number of aromatic nitrogens is 2. The van der Waals surface area contributed by atoms with Gasteiger partial charge in [0.15, 0.2) is 0 Å². The first-order valence-corrected chi connectivity index (χ1v) is 5.77. The van der Waals surface area contributed by atoms with Gasteiger partial charge in [0.2, 0.25) is 0 Å². The van der Waals surface area contributed by atoms with Gasteiger partial charge in [-0.05, 0) is 46.7 Å². The highest BCUT2D eigenvalue weighted by Gasteiger charge is 2.13. The van der Waals surface area contributed by atoms with Crippen molar-refractivity contribution in [3.63, 3.8) is 0 Å². The molecular weight excluding hydrogens is 198 g/mol. The number of aryl methyl sites for hydroxylation is 2. The van der Waals surface area contributed by atoms with Gasteiger partial charge in [0.25, 0.3) is 0 Å². The Bertz CT molecular complexity index is 384. The number of hydrogen-bond donors (Lipinski definition) is 1. The molecule has 0 aliphatic heterocycles. The maximum absolute atomic E-state index is 4.45. The van der Waals surface area contributed by atoms with Crippen LogP contribution in [0.5, 0.6) is 0 Å². The molecule has 0 spiro atoms. The highest BCUT2D eigenvalue weighted by molar-refractivity contribution is 5.26. The van der Waals surface area contributed by atoms with Gasteiger partial charge in [0.05, 0.1) is 5.69 Å². The molecule has 0 radical (unpaired) electrons. The Morgan fingerprint density at radius 3 is 2.44 bits per heavy atom. The standard InChI is InChI=1S/C13H23N3/c1-9(2)7-12(14-5)8-13-10(3)15-16(6)11(13)4/h7,12,14H,8H2,1-6H3. The van der Waals surface area contributed by atoms with Crippen molar-refractivity contribution in [2.45, 2.75) is 40.2 Å². The Balaban J connectivity index is 2.90. The van der Waals surface area contributed by atoms with Gasteiger partial charge in [0, 0.05) is 18.8 Å². The highest BCUT2D eigenvalue weighted by atomic mass is 15.3. The van der Waals surface area contributed by atoms with Crippen LogP contribution in [0.2, 0.25) is 0 Å². The lowest BCUT2D eigenvalue weighted by Gasteiger charge is -2.13. The Morgan fingerprint density at radius 2 is 2.06 bits per heavy atom. The van der Waals surface area contributed by atoms with Gasteiger partial charge in [-0.2, -0.15) is 5.10 Å². The van der Waals surface area contributed by atoms with Crippen molar-refractivity contribution in [2.24, 2.45) is 7.05 Å². The average Bonchev–Trinajstić information content (AvgIpc) is 2.43. The third-order valence-corrected chi connectivity index (χ3v) is 2.99. The van der Waals surface area contributed by atoms with Crippen LogP contribution in [0.15, 0.2) is 11.6 Å². The van der Waals surface area contributed by atoms with Gasteiger partial charge in [-0.1, -0.05) is 11.6 Å². The summed E-state index contributed by atoms with van der Waals surface area (Å²) < 4.78 is 1.96. The van der Waals surface area contributed by atoms with Crippen LogP contribution < -0.4 is 5.32 Å². The SMILES string of the molecule is CNC(C=C(C)C)Cc1c(C)nn(C)c1C. The zero-order valence-corrected chi connectivity index (χ0v) is 11.3. The lowest BCUT2D eigenvalue weighted by Crippen LogP contribution is -2.26. The Labute approximate surface area is 98.5 Å². The molecule has 3 nitrogen and oxygen atoms in total. The van der Waals surface area contributed by atoms with Crippen molar-refractivity contribution in [3.05, 3.63) is 28.6 Å². The summed E-state index contributed by atoms with van der Waals surface area (Å²) in [6.45, 7) is 8.47. The van der Waals surface area contributed by atoms with Gasteiger partial charge in [0.1, 0.15) is 0 Å². The summed E-state index contributed by atoms with van der Waals surface area (Å²) in [7, 11) is 4.01. The van der Waals surface area contributed by atoms with Crippen LogP contribution in [0.25, 0.3) is 0 Å². The molecule has 1 unspecified atom stereocenters. The topological polar surface area (TPSA) is 29.9 Å². The summed E-state index contributed by atoms with van der Waals surface area (Å²) in [6, 6.07) is 0.395. The summed E-state index contributed by atoms with van der Waals surface area (Å²) in [5, 5.41) is 7.78. The van der Waals surface area contributed by atoms with E-state index in [1.165, 1.54) is 16.8 Å². The molecule has 0 amide bonds. The normalized spacial score (nSPS) is 12.6. The molecular formula is C13H23N3. The van der Waals surface area contributed by atoms with Crippen LogP contribution >= 0.6 is 0 Å². The number of nitrogens with one attached hydrogen (secondary N) is 1. The fourth-order valence-corrected chi connectivity index (χ4v) is 1.98. The first kappa shape index (κ1) is 13.0. The molecule has 1 heterocycles. The molecule has 0 fully saturated rings. The van der Waals surface area contributed by atoms with E-state index in [0.29, 0.717) is 6.04 Å². The van der Waals surface area contributed by atoms with Crippen molar-refractivity contribution < 1.29 is 0 Å². The predicted octanol–water partition coefficient (Wildman–Crippen LogP) is 2.13. The van der Waals surface area contributed by atoms with E-state index in [0.717, 1.165) is 12.1 Å². The van der Waals surface area contributed by atoms with Crippen molar-refractivity contribution >= 4 is 0 Å². The summed E-state index contributed by atoms with van der Waals surface area (Å²) in [4.78, 5) is 0. The van der Waals surface area contributed by atoms with Crippen LogP contribution in [0.3, 0.4) is 0 Å². The second kappa shape index (κ2) is 5.30. The second-order valence-electron chi connectivity index (χ2n) is 4.62. The molecule has 1 rings (SSSR count). The van der Waals surface area contributed by atoms with Crippen LogP contribution in [0.4, 0.5) is 0 Å². The lowest BCUT2D eigenvalue weighted by molar-refractivity contribution is 0.655. The number of hydrogen-bond acceptors (Lipinski definition) is 2. The summed E-state index contributed by atoms with van der Waals surface area (Å²) in [6.07, 6.45) is 3.28. The number of likely N-dealkylation sites (N-methyl/N-ethyl adjacent to an activating group) is 1. The quantitative estimate of drug-likeness (QED) is 0.789. The maximum Gasteiger partial charge on any atom is 0.0629 e. The number of rotatable bonds is 4. The molecule has 0 aliphatic rings. The summed E-state index contributed by atoms with van der Waals surface area (Å²) in [5.74, 6) is 0. The van der Waals surface area contributed by atoms with Gasteiger partial charge in [-0.15, -0.1) is 0 Å². The third kappa shape index (κ3) is 2.95. The van der Waals surface area contributed by atoms with E-state index in [4.69, 9.17) is 0 Å². The average molecular weight is 221 g/mol. The smallest absolute Gasteiger partial charge is 0.0629 e. The number of allylic oxidation sites excluding steroid dienone is 1. The monoisotopic (exact) mass is 221 g/mol. The molecule has 1 aromatic rings. The van der Waals surface area contributed by atoms with Crippen LogP contribution in [0.1, 0.15) is 30.8 Å². The van der Waals surface area contributed by atoms with Crippen molar-refractivity contribution in [1.29, 1.82) is 0 Å². The molecule has 0 saturated heterocycles. The fourth-order valence-electron chi connectivity index (χ4n) is 1.98. The van der Waals surface area contributed by atoms with Crippen molar-refractivity contribution in [3.8, 4) is 0 Å². The molecule has 0 bridgehead atoms. The second-order valence-corrected chi connectivity index (χ2v) is 4.62. The van der Waals surface area contributed by atoms with Gasteiger partial charge >= 0.3 is 0 Å². The molecule has 0 saturated carbocycles. The molecule has 0 aliphatic carbocycles. The van der Waals surface area contributed by atoms with E-state index in [-0.39, 0.29) is 0 Å². The molecule has 0 aromatic carbocycles. The maximum atomic E-state index is 4.45. The first-order valence-electron chi connectivity index (χ1n) is 5.77. The molecule has 16 heavy (non-hydrogen) atoms. The zero-order chi connectivity index (χ0) is 12.3. The van der Waals surface area contributed by atoms with E-state index < -0.39 is 0 Å². The van der Waals surface area contributed by atoms with E-state index in [1.54, 1.807) is 0 Å². The molecule has 1 N–H and O–H groups in total. The summed E-state index contributed by atoms with van der Waals surface area (Å²) >= 11 is 0. The van der Waals surface area contributed by atoms with Crippen molar-refractivity contribution in [1.82, 2.24) is 15.1 Å². The fraction of sp³-hybridized carbons (Fsp3) is 0.615. The first-order chi connectivity index (χ1) is 7.45. The van der Waals surface area contributed by atoms with Gasteiger partial charge < -0.3 is 5.32 Å².